The van der Waals surface area contributed by atoms with Crippen molar-refractivity contribution in [3.63, 3.8) is 0 Å². The van der Waals surface area contributed by atoms with E-state index in [1.54, 1.807) is 0 Å². The van der Waals surface area contributed by atoms with Crippen molar-refractivity contribution in [3.05, 3.63) is 51.4 Å². The Balaban J connectivity index is 1.84. The number of aryl methyl sites for hydroxylation is 1. The molecule has 1 saturated heterocycles. The van der Waals surface area contributed by atoms with Gasteiger partial charge in [0.25, 0.3) is 5.56 Å². The monoisotopic (exact) mass is 423 g/mol. The Kier molecular flexibility index (Phi) is 5.62. The van der Waals surface area contributed by atoms with E-state index in [4.69, 9.17) is 0 Å². The molecule has 1 aliphatic heterocycles. The van der Waals surface area contributed by atoms with Crippen LogP contribution in [0.3, 0.4) is 0 Å². The van der Waals surface area contributed by atoms with Gasteiger partial charge < -0.3 is 19.8 Å². The molecular weight excluding hydrogens is 394 g/mol. The zero-order chi connectivity index (χ0) is 22.3. The molecule has 0 spiro atoms. The van der Waals surface area contributed by atoms with Gasteiger partial charge in [-0.05, 0) is 62.5 Å². The molecule has 164 valence electrons. The number of hydrogen-bond acceptors (Lipinski definition) is 4. The lowest BCUT2D eigenvalue weighted by molar-refractivity contribution is 0.0691. The molecule has 1 aromatic carbocycles. The zero-order valence-electron chi connectivity index (χ0n) is 18.2. The van der Waals surface area contributed by atoms with Crippen LogP contribution in [-0.2, 0) is 13.5 Å². The summed E-state index contributed by atoms with van der Waals surface area (Å²) in [5, 5.41) is 20.8. The van der Waals surface area contributed by atoms with Crippen LogP contribution in [0.1, 0.15) is 60.8 Å². The molecule has 7 nitrogen and oxygen atoms in total. The summed E-state index contributed by atoms with van der Waals surface area (Å²) in [6, 6.07) is 8.51. The van der Waals surface area contributed by atoms with E-state index >= 15 is 0 Å². The van der Waals surface area contributed by atoms with Gasteiger partial charge in [0.1, 0.15) is 5.75 Å². The third-order valence-corrected chi connectivity index (χ3v) is 6.54. The number of hydrogen-bond donors (Lipinski definition) is 3. The number of carbonyl (C=O) groups is 1. The fraction of sp³-hybridized carbons (Fsp3) is 0.417. The molecule has 2 aromatic heterocycles. The number of pyridine rings is 1. The van der Waals surface area contributed by atoms with Gasteiger partial charge in [-0.25, -0.2) is 4.79 Å². The molecule has 0 radical (unpaired) electrons. The minimum atomic E-state index is -1.43. The predicted octanol–water partition coefficient (Wildman–Crippen LogP) is 4.05. The number of fused-ring (bicyclic) bond motifs is 1. The maximum absolute atomic E-state index is 12.3. The number of rotatable bonds is 6. The van der Waals surface area contributed by atoms with Gasteiger partial charge in [0.15, 0.2) is 5.56 Å². The number of likely N-dealkylation sites (tertiary alicyclic amines) is 1. The minimum Gasteiger partial charge on any atom is -0.506 e. The summed E-state index contributed by atoms with van der Waals surface area (Å²) < 4.78 is 2.24. The summed E-state index contributed by atoms with van der Waals surface area (Å²) in [5.41, 5.74) is 2.60. The second kappa shape index (κ2) is 8.23. The smallest absolute Gasteiger partial charge is 0.345 e. The van der Waals surface area contributed by atoms with Crippen molar-refractivity contribution in [2.45, 2.75) is 45.6 Å². The van der Waals surface area contributed by atoms with Crippen molar-refractivity contribution in [3.8, 4) is 17.0 Å². The van der Waals surface area contributed by atoms with E-state index < -0.39 is 22.8 Å². The van der Waals surface area contributed by atoms with Gasteiger partial charge in [-0.15, -0.1) is 0 Å². The van der Waals surface area contributed by atoms with Crippen LogP contribution < -0.4 is 5.56 Å². The average Bonchev–Trinajstić information content (AvgIpc) is 3.37. The first kappa shape index (κ1) is 21.2. The van der Waals surface area contributed by atoms with Gasteiger partial charge in [-0.2, -0.15) is 0 Å². The average molecular weight is 424 g/mol. The van der Waals surface area contributed by atoms with Crippen molar-refractivity contribution in [1.29, 1.82) is 0 Å². The van der Waals surface area contributed by atoms with Crippen molar-refractivity contribution >= 4 is 16.9 Å². The van der Waals surface area contributed by atoms with Gasteiger partial charge in [-0.3, -0.25) is 9.69 Å². The Bertz CT molecular complexity index is 1200. The van der Waals surface area contributed by atoms with Gasteiger partial charge in [0.05, 0.1) is 5.69 Å². The molecule has 0 saturated carbocycles. The zero-order valence-corrected chi connectivity index (χ0v) is 18.2. The number of benzene rings is 1. The number of aromatic amines is 1. The predicted molar refractivity (Wildman–Crippen MR) is 121 cm³/mol. The third-order valence-electron chi connectivity index (χ3n) is 6.54. The molecule has 0 aliphatic carbocycles. The lowest BCUT2D eigenvalue weighted by Crippen LogP contribution is -2.26. The van der Waals surface area contributed by atoms with E-state index in [0.717, 1.165) is 36.0 Å². The fourth-order valence-corrected chi connectivity index (χ4v) is 4.97. The number of carboxylic acid groups (broad SMARTS) is 1. The van der Waals surface area contributed by atoms with Crippen LogP contribution >= 0.6 is 0 Å². The van der Waals surface area contributed by atoms with Crippen LogP contribution in [0.5, 0.6) is 5.75 Å². The summed E-state index contributed by atoms with van der Waals surface area (Å²) in [6.45, 7) is 6.30. The second-order valence-electron chi connectivity index (χ2n) is 8.26. The van der Waals surface area contributed by atoms with E-state index in [-0.39, 0.29) is 0 Å². The summed E-state index contributed by atoms with van der Waals surface area (Å²) >= 11 is 0. The SMILES string of the molecule is CCc1c(-c2ccc3c(c2)cc(C(CC)N2CCCC2)n3C)[nH]c(=O)c(C(=O)O)c1O. The number of H-pyrrole nitrogens is 1. The molecule has 4 rings (SSSR count). The number of aromatic nitrogens is 2. The Morgan fingerprint density at radius 3 is 2.52 bits per heavy atom. The van der Waals surface area contributed by atoms with Crippen molar-refractivity contribution < 1.29 is 15.0 Å². The molecule has 1 atom stereocenters. The van der Waals surface area contributed by atoms with Gasteiger partial charge in [0, 0.05) is 35.2 Å². The van der Waals surface area contributed by atoms with Crippen LogP contribution in [-0.4, -0.2) is 43.7 Å². The molecule has 3 aromatic rings. The second-order valence-corrected chi connectivity index (χ2v) is 8.26. The molecule has 3 heterocycles. The number of nitrogens with zero attached hydrogens (tertiary/aromatic N) is 2. The molecule has 0 bridgehead atoms. The molecule has 1 aliphatic rings. The quantitative estimate of drug-likeness (QED) is 0.556. The molecule has 3 N–H and O–H groups in total. The first-order valence-corrected chi connectivity index (χ1v) is 10.9. The van der Waals surface area contributed by atoms with Crippen molar-refractivity contribution in [1.82, 2.24) is 14.5 Å². The topological polar surface area (TPSA) is 98.6 Å². The number of aromatic hydroxyl groups is 1. The summed E-state index contributed by atoms with van der Waals surface area (Å²) in [4.78, 5) is 29.0. The van der Waals surface area contributed by atoms with Crippen LogP contribution in [0.15, 0.2) is 29.1 Å². The van der Waals surface area contributed by atoms with E-state index in [1.165, 1.54) is 18.5 Å². The summed E-state index contributed by atoms with van der Waals surface area (Å²) in [6.07, 6.45) is 3.92. The van der Waals surface area contributed by atoms with E-state index in [9.17, 15) is 19.8 Å². The van der Waals surface area contributed by atoms with Crippen molar-refractivity contribution in [2.24, 2.45) is 7.05 Å². The van der Waals surface area contributed by atoms with E-state index in [1.807, 2.05) is 25.1 Å². The maximum Gasteiger partial charge on any atom is 0.345 e. The Morgan fingerprint density at radius 2 is 1.90 bits per heavy atom. The molecule has 0 amide bonds. The van der Waals surface area contributed by atoms with Crippen LogP contribution in [0, 0.1) is 0 Å². The van der Waals surface area contributed by atoms with Crippen LogP contribution in [0.25, 0.3) is 22.2 Å². The number of nitrogens with one attached hydrogen (secondary N) is 1. The third kappa shape index (κ3) is 3.53. The minimum absolute atomic E-state index is 0.369. The molecule has 1 fully saturated rings. The number of aromatic carboxylic acids is 1. The lowest BCUT2D eigenvalue weighted by Gasteiger charge is -2.27. The summed E-state index contributed by atoms with van der Waals surface area (Å²) in [5.74, 6) is -1.89. The molecule has 7 heteroatoms. The van der Waals surface area contributed by atoms with Gasteiger partial charge in [-0.1, -0.05) is 19.9 Å². The Labute approximate surface area is 180 Å². The van der Waals surface area contributed by atoms with Gasteiger partial charge >= 0.3 is 5.97 Å². The standard InChI is InChI=1S/C24H29N3O4/c1-4-16-21(25-23(29)20(22(16)28)24(30)31)14-8-9-18-15(12-14)13-19(26(18)3)17(5-2)27-10-6-7-11-27/h8-9,12-13,17H,4-7,10-11H2,1-3H3,(H,30,31)(H2,25,28,29). The highest BCUT2D eigenvalue weighted by molar-refractivity contribution is 5.92. The molecule has 31 heavy (non-hydrogen) atoms. The van der Waals surface area contributed by atoms with Crippen molar-refractivity contribution in [2.75, 3.05) is 13.1 Å². The van der Waals surface area contributed by atoms with E-state index in [2.05, 4.69) is 34.5 Å². The lowest BCUT2D eigenvalue weighted by atomic mass is 9.99. The fourth-order valence-electron chi connectivity index (χ4n) is 4.97. The van der Waals surface area contributed by atoms with Gasteiger partial charge in [0.2, 0.25) is 0 Å². The highest BCUT2D eigenvalue weighted by Crippen LogP contribution is 2.35. The molecule has 1 unspecified atom stereocenters. The largest absolute Gasteiger partial charge is 0.506 e. The summed E-state index contributed by atoms with van der Waals surface area (Å²) in [7, 11) is 2.09. The Hall–Kier alpha value is -3.06. The number of carboxylic acids is 1. The molecular formula is C24H29N3O4. The normalized spacial score (nSPS) is 15.6. The maximum atomic E-state index is 12.3. The van der Waals surface area contributed by atoms with E-state index in [0.29, 0.717) is 23.7 Å². The van der Waals surface area contributed by atoms with Crippen LogP contribution in [0.4, 0.5) is 0 Å². The first-order valence-electron chi connectivity index (χ1n) is 10.9. The van der Waals surface area contributed by atoms with Crippen LogP contribution in [0.2, 0.25) is 0 Å². The highest BCUT2D eigenvalue weighted by atomic mass is 16.4. The Morgan fingerprint density at radius 1 is 1.19 bits per heavy atom. The first-order chi connectivity index (χ1) is 14.9. The highest BCUT2D eigenvalue weighted by Gasteiger charge is 2.25.